The Morgan fingerprint density at radius 3 is 1.74 bits per heavy atom. The molecule has 0 aliphatic heterocycles. The van der Waals surface area contributed by atoms with Crippen LogP contribution in [0.15, 0.2) is 180 Å². The summed E-state index contributed by atoms with van der Waals surface area (Å²) in [7, 11) is 0. The molecule has 0 spiro atoms. The van der Waals surface area contributed by atoms with Gasteiger partial charge in [-0.3, -0.25) is 0 Å². The predicted molar refractivity (Wildman–Crippen MR) is 205 cm³/mol. The Labute approximate surface area is 288 Å². The fourth-order valence-corrected chi connectivity index (χ4v) is 7.26. The molecular formula is C46H29N3O. The van der Waals surface area contributed by atoms with Crippen molar-refractivity contribution in [1.82, 2.24) is 14.5 Å². The third-order valence-corrected chi connectivity index (χ3v) is 9.63. The van der Waals surface area contributed by atoms with E-state index in [0.717, 1.165) is 66.8 Å². The van der Waals surface area contributed by atoms with Crippen LogP contribution in [0.5, 0.6) is 0 Å². The SMILES string of the molecule is c1ccc(-c2cc(-c3cccc(-n4c5ccccc5c5ccccc54)c3)nc(-c3ccc(-c4cccc5c4oc4ccccc45)cc3)n2)cc1. The van der Waals surface area contributed by atoms with Gasteiger partial charge in [0.05, 0.1) is 22.4 Å². The largest absolute Gasteiger partial charge is 0.455 e. The smallest absolute Gasteiger partial charge is 0.160 e. The monoisotopic (exact) mass is 639 g/mol. The molecule has 0 fully saturated rings. The zero-order valence-electron chi connectivity index (χ0n) is 27.0. The first-order valence-electron chi connectivity index (χ1n) is 16.8. The summed E-state index contributed by atoms with van der Waals surface area (Å²) >= 11 is 0. The third-order valence-electron chi connectivity index (χ3n) is 9.63. The van der Waals surface area contributed by atoms with Gasteiger partial charge < -0.3 is 8.98 Å². The molecule has 3 aromatic heterocycles. The van der Waals surface area contributed by atoms with Crippen molar-refractivity contribution < 1.29 is 4.42 Å². The van der Waals surface area contributed by atoms with Gasteiger partial charge in [-0.05, 0) is 42.0 Å². The molecule has 7 aromatic carbocycles. The summed E-state index contributed by atoms with van der Waals surface area (Å²) < 4.78 is 8.68. The second-order valence-corrected chi connectivity index (χ2v) is 12.6. The van der Waals surface area contributed by atoms with Gasteiger partial charge in [-0.1, -0.05) is 140 Å². The molecule has 0 radical (unpaired) electrons. The summed E-state index contributed by atoms with van der Waals surface area (Å²) in [5.41, 5.74) is 12.1. The summed E-state index contributed by atoms with van der Waals surface area (Å²) in [6.45, 7) is 0. The van der Waals surface area contributed by atoms with Gasteiger partial charge in [0, 0.05) is 49.5 Å². The number of hydrogen-bond donors (Lipinski definition) is 0. The van der Waals surface area contributed by atoms with Crippen molar-refractivity contribution in [2.45, 2.75) is 0 Å². The lowest BCUT2D eigenvalue weighted by molar-refractivity contribution is 0.670. The van der Waals surface area contributed by atoms with Crippen molar-refractivity contribution in [3.8, 4) is 50.7 Å². The second kappa shape index (κ2) is 11.4. The van der Waals surface area contributed by atoms with Gasteiger partial charge in [-0.2, -0.15) is 0 Å². The molecular weight excluding hydrogens is 611 g/mol. The van der Waals surface area contributed by atoms with Crippen LogP contribution in [0, 0.1) is 0 Å². The topological polar surface area (TPSA) is 43.9 Å². The number of nitrogens with zero attached hydrogens (tertiary/aromatic N) is 3. The molecule has 50 heavy (non-hydrogen) atoms. The van der Waals surface area contributed by atoms with Crippen molar-refractivity contribution in [3.63, 3.8) is 0 Å². The van der Waals surface area contributed by atoms with E-state index < -0.39 is 0 Å². The van der Waals surface area contributed by atoms with Gasteiger partial charge in [0.25, 0.3) is 0 Å². The number of furan rings is 1. The van der Waals surface area contributed by atoms with Crippen LogP contribution < -0.4 is 0 Å². The van der Waals surface area contributed by atoms with E-state index in [1.165, 1.54) is 21.8 Å². The lowest BCUT2D eigenvalue weighted by Crippen LogP contribution is -1.98. The van der Waals surface area contributed by atoms with Gasteiger partial charge in [0.2, 0.25) is 0 Å². The lowest BCUT2D eigenvalue weighted by atomic mass is 10.0. The van der Waals surface area contributed by atoms with Crippen LogP contribution in [0.2, 0.25) is 0 Å². The average Bonchev–Trinajstić information content (AvgIpc) is 3.74. The predicted octanol–water partition coefficient (Wildman–Crippen LogP) is 12.1. The molecule has 0 aliphatic carbocycles. The summed E-state index contributed by atoms with van der Waals surface area (Å²) in [6.07, 6.45) is 0. The normalized spacial score (nSPS) is 11.6. The number of rotatable bonds is 5. The highest BCUT2D eigenvalue weighted by atomic mass is 16.3. The molecule has 0 saturated heterocycles. The van der Waals surface area contributed by atoms with E-state index in [2.05, 4.69) is 150 Å². The first-order valence-corrected chi connectivity index (χ1v) is 16.8. The van der Waals surface area contributed by atoms with Crippen molar-refractivity contribution >= 4 is 43.7 Å². The molecule has 0 atom stereocenters. The van der Waals surface area contributed by atoms with Crippen LogP contribution in [0.4, 0.5) is 0 Å². The van der Waals surface area contributed by atoms with E-state index in [0.29, 0.717) is 5.82 Å². The van der Waals surface area contributed by atoms with Crippen molar-refractivity contribution in [1.29, 1.82) is 0 Å². The molecule has 10 rings (SSSR count). The molecule has 0 unspecified atom stereocenters. The Bertz CT molecular complexity index is 2810. The number of hydrogen-bond acceptors (Lipinski definition) is 3. The molecule has 0 bridgehead atoms. The Hall–Kier alpha value is -6.78. The molecule has 4 nitrogen and oxygen atoms in total. The summed E-state index contributed by atoms with van der Waals surface area (Å²) in [5.74, 6) is 0.678. The van der Waals surface area contributed by atoms with Gasteiger partial charge in [-0.25, -0.2) is 9.97 Å². The first-order chi connectivity index (χ1) is 24.8. The zero-order valence-corrected chi connectivity index (χ0v) is 27.0. The van der Waals surface area contributed by atoms with E-state index in [4.69, 9.17) is 14.4 Å². The maximum Gasteiger partial charge on any atom is 0.160 e. The number of benzene rings is 7. The maximum absolute atomic E-state index is 6.34. The van der Waals surface area contributed by atoms with Crippen molar-refractivity contribution in [2.24, 2.45) is 0 Å². The molecule has 0 aliphatic rings. The fraction of sp³-hybridized carbons (Fsp3) is 0. The summed E-state index contributed by atoms with van der Waals surface area (Å²) in [6, 6.07) is 61.3. The van der Waals surface area contributed by atoms with Crippen molar-refractivity contribution in [2.75, 3.05) is 0 Å². The highest BCUT2D eigenvalue weighted by Crippen LogP contribution is 2.37. The number of aromatic nitrogens is 3. The molecule has 10 aromatic rings. The molecule has 0 saturated carbocycles. The molecule has 0 amide bonds. The van der Waals surface area contributed by atoms with Gasteiger partial charge >= 0.3 is 0 Å². The Kier molecular flexibility index (Phi) is 6.46. The first kappa shape index (κ1) is 28.3. The molecule has 0 N–H and O–H groups in total. The fourth-order valence-electron chi connectivity index (χ4n) is 7.26. The van der Waals surface area contributed by atoms with E-state index in [-0.39, 0.29) is 0 Å². The third kappa shape index (κ3) is 4.61. The quantitative estimate of drug-likeness (QED) is 0.188. The van der Waals surface area contributed by atoms with Crippen LogP contribution in [0.3, 0.4) is 0 Å². The average molecular weight is 640 g/mol. The maximum atomic E-state index is 6.34. The standard InChI is InChI=1S/C46H29N3O/c1-2-12-31(13-3-1)40-29-41(33-14-10-15-34(28-33)49-42-21-7-4-16-36(42)37-17-5-8-22-43(37)49)48-46(47-40)32-26-24-30(25-27-32)35-19-11-20-39-38-18-6-9-23-44(38)50-45(35)39/h1-29H. The minimum atomic E-state index is 0.678. The molecule has 4 heteroatoms. The van der Waals surface area contributed by atoms with Gasteiger partial charge in [-0.15, -0.1) is 0 Å². The minimum Gasteiger partial charge on any atom is -0.455 e. The van der Waals surface area contributed by atoms with Gasteiger partial charge in [0.15, 0.2) is 5.82 Å². The van der Waals surface area contributed by atoms with E-state index >= 15 is 0 Å². The minimum absolute atomic E-state index is 0.678. The highest BCUT2D eigenvalue weighted by molar-refractivity contribution is 6.10. The number of para-hydroxylation sites is 4. The van der Waals surface area contributed by atoms with Crippen LogP contribution in [-0.4, -0.2) is 14.5 Å². The van der Waals surface area contributed by atoms with Gasteiger partial charge in [0.1, 0.15) is 11.2 Å². The summed E-state index contributed by atoms with van der Waals surface area (Å²) in [4.78, 5) is 10.3. The highest BCUT2D eigenvalue weighted by Gasteiger charge is 2.16. The molecule has 3 heterocycles. The van der Waals surface area contributed by atoms with Crippen LogP contribution in [0.25, 0.3) is 94.5 Å². The number of fused-ring (bicyclic) bond motifs is 6. The molecule has 234 valence electrons. The summed E-state index contributed by atoms with van der Waals surface area (Å²) in [5, 5.41) is 4.73. The van der Waals surface area contributed by atoms with E-state index in [1.54, 1.807) is 0 Å². The second-order valence-electron chi connectivity index (χ2n) is 12.6. The van der Waals surface area contributed by atoms with Crippen LogP contribution >= 0.6 is 0 Å². The van der Waals surface area contributed by atoms with Crippen LogP contribution in [0.1, 0.15) is 0 Å². The Morgan fingerprint density at radius 2 is 0.980 bits per heavy atom. The van der Waals surface area contributed by atoms with E-state index in [9.17, 15) is 0 Å². The van der Waals surface area contributed by atoms with Crippen LogP contribution in [-0.2, 0) is 0 Å². The Morgan fingerprint density at radius 1 is 0.400 bits per heavy atom. The van der Waals surface area contributed by atoms with E-state index in [1.807, 2.05) is 30.3 Å². The Balaban J connectivity index is 1.10. The zero-order chi connectivity index (χ0) is 33.0. The van der Waals surface area contributed by atoms with Crippen molar-refractivity contribution in [3.05, 3.63) is 176 Å². The lowest BCUT2D eigenvalue weighted by Gasteiger charge is -2.12.